The van der Waals surface area contributed by atoms with Crippen molar-refractivity contribution < 1.29 is 19.0 Å². The minimum absolute atomic E-state index is 0.200. The average Bonchev–Trinajstić information content (AvgIpc) is 2.32. The number of carbonyl (C=O) groups is 1. The number of ether oxygens (including phenoxy) is 3. The first-order chi connectivity index (χ1) is 9.05. The van der Waals surface area contributed by atoms with Crippen molar-refractivity contribution in [3.05, 3.63) is 28.8 Å². The SMILES string of the molecule is CCOC(=O)C1(c2cc(C)c(OC)cc2C)COC1. The molecular weight excluding hydrogens is 244 g/mol. The summed E-state index contributed by atoms with van der Waals surface area (Å²) in [6.07, 6.45) is 0. The molecule has 4 nitrogen and oxygen atoms in total. The smallest absolute Gasteiger partial charge is 0.321 e. The largest absolute Gasteiger partial charge is 0.496 e. The van der Waals surface area contributed by atoms with Crippen LogP contribution in [0.5, 0.6) is 5.75 Å². The molecule has 0 amide bonds. The van der Waals surface area contributed by atoms with E-state index in [2.05, 4.69) is 0 Å². The molecule has 1 aromatic rings. The summed E-state index contributed by atoms with van der Waals surface area (Å²) in [5.74, 6) is 0.634. The van der Waals surface area contributed by atoms with Crippen LogP contribution in [-0.2, 0) is 19.7 Å². The van der Waals surface area contributed by atoms with Crippen LogP contribution in [0.4, 0.5) is 0 Å². The van der Waals surface area contributed by atoms with Crippen molar-refractivity contribution in [3.8, 4) is 5.75 Å². The Morgan fingerprint density at radius 2 is 2.00 bits per heavy atom. The maximum absolute atomic E-state index is 12.2. The lowest BCUT2D eigenvalue weighted by Crippen LogP contribution is -2.54. The van der Waals surface area contributed by atoms with Crippen LogP contribution in [0, 0.1) is 13.8 Å². The Balaban J connectivity index is 2.44. The molecule has 2 rings (SSSR count). The topological polar surface area (TPSA) is 44.8 Å². The second-order valence-electron chi connectivity index (χ2n) is 4.93. The molecule has 0 unspecified atom stereocenters. The monoisotopic (exact) mass is 264 g/mol. The number of carbonyl (C=O) groups excluding carboxylic acids is 1. The van der Waals surface area contributed by atoms with E-state index in [-0.39, 0.29) is 5.97 Å². The van der Waals surface area contributed by atoms with E-state index in [1.807, 2.05) is 32.9 Å². The molecule has 0 atom stereocenters. The zero-order chi connectivity index (χ0) is 14.0. The van der Waals surface area contributed by atoms with Crippen LogP contribution in [0.25, 0.3) is 0 Å². The molecule has 0 aliphatic carbocycles. The van der Waals surface area contributed by atoms with Gasteiger partial charge in [-0.25, -0.2) is 0 Å². The standard InChI is InChI=1S/C15H20O4/c1-5-19-14(16)15(8-18-9-15)12-6-11(3)13(17-4)7-10(12)2/h6-7H,5,8-9H2,1-4H3. The summed E-state index contributed by atoms with van der Waals surface area (Å²) < 4.78 is 15.8. The van der Waals surface area contributed by atoms with Crippen LogP contribution in [0.1, 0.15) is 23.6 Å². The Morgan fingerprint density at radius 3 is 2.47 bits per heavy atom. The second kappa shape index (κ2) is 5.21. The first-order valence-electron chi connectivity index (χ1n) is 6.46. The van der Waals surface area contributed by atoms with Crippen molar-refractivity contribution in [2.75, 3.05) is 26.9 Å². The minimum Gasteiger partial charge on any atom is -0.496 e. The van der Waals surface area contributed by atoms with Crippen LogP contribution in [0.3, 0.4) is 0 Å². The number of rotatable bonds is 4. The summed E-state index contributed by atoms with van der Waals surface area (Å²) in [5, 5.41) is 0. The molecule has 1 saturated heterocycles. The van der Waals surface area contributed by atoms with Gasteiger partial charge in [0.05, 0.1) is 26.9 Å². The van der Waals surface area contributed by atoms with Crippen LogP contribution in [-0.4, -0.2) is 32.9 Å². The molecule has 1 heterocycles. The number of methoxy groups -OCH3 is 1. The van der Waals surface area contributed by atoms with E-state index in [0.29, 0.717) is 19.8 Å². The van der Waals surface area contributed by atoms with Crippen LogP contribution < -0.4 is 4.74 Å². The normalized spacial score (nSPS) is 16.6. The summed E-state index contributed by atoms with van der Waals surface area (Å²) in [6.45, 7) is 6.93. The van der Waals surface area contributed by atoms with Gasteiger partial charge in [-0.2, -0.15) is 0 Å². The van der Waals surface area contributed by atoms with Crippen molar-refractivity contribution in [1.29, 1.82) is 0 Å². The molecule has 1 aliphatic rings. The van der Waals surface area contributed by atoms with E-state index in [1.165, 1.54) is 0 Å². The van der Waals surface area contributed by atoms with E-state index in [0.717, 1.165) is 22.4 Å². The van der Waals surface area contributed by atoms with Gasteiger partial charge in [-0.1, -0.05) is 6.07 Å². The van der Waals surface area contributed by atoms with Crippen molar-refractivity contribution in [1.82, 2.24) is 0 Å². The zero-order valence-electron chi connectivity index (χ0n) is 11.9. The number of hydrogen-bond acceptors (Lipinski definition) is 4. The fourth-order valence-corrected chi connectivity index (χ4v) is 2.48. The maximum Gasteiger partial charge on any atom is 0.321 e. The fraction of sp³-hybridized carbons (Fsp3) is 0.533. The highest BCUT2D eigenvalue weighted by atomic mass is 16.6. The summed E-state index contributed by atoms with van der Waals surface area (Å²) in [6, 6.07) is 3.97. The summed E-state index contributed by atoms with van der Waals surface area (Å²) in [7, 11) is 1.65. The van der Waals surface area contributed by atoms with Crippen molar-refractivity contribution in [2.45, 2.75) is 26.2 Å². The summed E-state index contributed by atoms with van der Waals surface area (Å²) in [5.41, 5.74) is 2.38. The Bertz CT molecular complexity index is 489. The average molecular weight is 264 g/mol. The lowest BCUT2D eigenvalue weighted by molar-refractivity contribution is -0.169. The molecule has 0 bridgehead atoms. The molecule has 1 aliphatic heterocycles. The van der Waals surface area contributed by atoms with Crippen LogP contribution in [0.15, 0.2) is 12.1 Å². The molecule has 0 N–H and O–H groups in total. The van der Waals surface area contributed by atoms with E-state index >= 15 is 0 Å². The molecule has 1 aromatic carbocycles. The summed E-state index contributed by atoms with van der Waals surface area (Å²) in [4.78, 5) is 12.2. The number of benzene rings is 1. The first-order valence-corrected chi connectivity index (χ1v) is 6.46. The van der Waals surface area contributed by atoms with Gasteiger partial charge in [0.25, 0.3) is 0 Å². The molecular formula is C15H20O4. The van der Waals surface area contributed by atoms with Gasteiger partial charge in [0, 0.05) is 0 Å². The predicted molar refractivity (Wildman–Crippen MR) is 71.6 cm³/mol. The molecule has 0 spiro atoms. The maximum atomic E-state index is 12.2. The number of esters is 1. The Labute approximate surface area is 113 Å². The predicted octanol–water partition coefficient (Wildman–Crippen LogP) is 2.14. The zero-order valence-corrected chi connectivity index (χ0v) is 11.9. The van der Waals surface area contributed by atoms with Crippen molar-refractivity contribution >= 4 is 5.97 Å². The Kier molecular flexibility index (Phi) is 3.80. The number of aryl methyl sites for hydroxylation is 2. The lowest BCUT2D eigenvalue weighted by Gasteiger charge is -2.40. The van der Waals surface area contributed by atoms with Gasteiger partial charge in [0.2, 0.25) is 0 Å². The van der Waals surface area contributed by atoms with Gasteiger partial charge in [-0.05, 0) is 43.5 Å². The molecule has 104 valence electrons. The first kappa shape index (κ1) is 13.9. The molecule has 19 heavy (non-hydrogen) atoms. The van der Waals surface area contributed by atoms with Gasteiger partial charge in [0.1, 0.15) is 11.2 Å². The second-order valence-corrected chi connectivity index (χ2v) is 4.93. The van der Waals surface area contributed by atoms with Gasteiger partial charge in [0.15, 0.2) is 0 Å². The van der Waals surface area contributed by atoms with E-state index in [4.69, 9.17) is 14.2 Å². The molecule has 0 aromatic heterocycles. The highest BCUT2D eigenvalue weighted by Gasteiger charge is 2.49. The van der Waals surface area contributed by atoms with E-state index in [9.17, 15) is 4.79 Å². The summed E-state index contributed by atoms with van der Waals surface area (Å²) >= 11 is 0. The highest BCUT2D eigenvalue weighted by Crippen LogP contribution is 2.38. The van der Waals surface area contributed by atoms with Gasteiger partial charge < -0.3 is 14.2 Å². The Morgan fingerprint density at radius 1 is 1.32 bits per heavy atom. The van der Waals surface area contributed by atoms with Crippen LogP contribution >= 0.6 is 0 Å². The third kappa shape index (κ3) is 2.21. The van der Waals surface area contributed by atoms with Gasteiger partial charge in [-0.15, -0.1) is 0 Å². The van der Waals surface area contributed by atoms with Crippen LogP contribution in [0.2, 0.25) is 0 Å². The molecule has 0 radical (unpaired) electrons. The van der Waals surface area contributed by atoms with E-state index < -0.39 is 5.41 Å². The lowest BCUT2D eigenvalue weighted by atomic mass is 9.76. The number of hydrogen-bond donors (Lipinski definition) is 0. The third-order valence-corrected chi connectivity index (χ3v) is 3.62. The molecule has 0 saturated carbocycles. The highest BCUT2D eigenvalue weighted by molar-refractivity contribution is 5.85. The quantitative estimate of drug-likeness (QED) is 0.782. The Hall–Kier alpha value is -1.55. The van der Waals surface area contributed by atoms with Gasteiger partial charge >= 0.3 is 5.97 Å². The molecule has 1 fully saturated rings. The van der Waals surface area contributed by atoms with Crippen molar-refractivity contribution in [3.63, 3.8) is 0 Å². The van der Waals surface area contributed by atoms with Crippen molar-refractivity contribution in [2.24, 2.45) is 0 Å². The third-order valence-electron chi connectivity index (χ3n) is 3.62. The van der Waals surface area contributed by atoms with Gasteiger partial charge in [-0.3, -0.25) is 4.79 Å². The van der Waals surface area contributed by atoms with E-state index in [1.54, 1.807) is 7.11 Å². The minimum atomic E-state index is -0.642. The fourth-order valence-electron chi connectivity index (χ4n) is 2.48. The molecule has 4 heteroatoms.